The lowest BCUT2D eigenvalue weighted by atomic mass is 10.0. The molecule has 1 aromatic rings. The molecule has 27 heavy (non-hydrogen) atoms. The first-order valence-electron chi connectivity index (χ1n) is 7.70. The van der Waals surface area contributed by atoms with Crippen LogP contribution in [0.15, 0.2) is 24.3 Å². The molecule has 1 amide bonds. The fourth-order valence-electron chi connectivity index (χ4n) is 2.02. The summed E-state index contributed by atoms with van der Waals surface area (Å²) >= 11 is 0. The molecule has 0 heterocycles. The molecule has 0 saturated carbocycles. The van der Waals surface area contributed by atoms with Crippen LogP contribution in [0.25, 0.3) is 0 Å². The van der Waals surface area contributed by atoms with E-state index in [0.29, 0.717) is 0 Å². The van der Waals surface area contributed by atoms with Gasteiger partial charge in [-0.15, -0.1) is 0 Å². The highest BCUT2D eigenvalue weighted by Gasteiger charge is 2.32. The minimum atomic E-state index is -4.29. The van der Waals surface area contributed by atoms with Crippen LogP contribution in [0, 0.1) is 10.8 Å². The third-order valence-electron chi connectivity index (χ3n) is 3.08. The third kappa shape index (κ3) is 8.38. The van der Waals surface area contributed by atoms with Crippen LogP contribution in [-0.2, 0) is 9.47 Å². The van der Waals surface area contributed by atoms with Crippen molar-refractivity contribution in [2.45, 2.75) is 38.2 Å². The second kappa shape index (κ2) is 9.74. The average molecular weight is 393 g/mol. The van der Waals surface area contributed by atoms with E-state index in [2.05, 4.69) is 4.74 Å². The fourth-order valence-corrected chi connectivity index (χ4v) is 2.02. The standard InChI is InChI=1S/C16H19F4N3O4/c1-9(21)26-14(22)12(17)13(27-15(23)24)10-4-2-5-11(8-10)25-7-3-6-16(18,19)20/h2,4-5,8,12-13,21-22H,3,6-7H2,1H3,(H2,23,24). The lowest BCUT2D eigenvalue weighted by molar-refractivity contribution is -0.136. The van der Waals surface area contributed by atoms with Crippen molar-refractivity contribution in [2.24, 2.45) is 5.73 Å². The van der Waals surface area contributed by atoms with E-state index in [1.807, 2.05) is 0 Å². The first-order valence-corrected chi connectivity index (χ1v) is 7.70. The molecule has 11 heteroatoms. The zero-order valence-corrected chi connectivity index (χ0v) is 14.3. The van der Waals surface area contributed by atoms with Gasteiger partial charge in [-0.1, -0.05) is 12.1 Å². The maximum absolute atomic E-state index is 14.5. The van der Waals surface area contributed by atoms with Gasteiger partial charge >= 0.3 is 12.3 Å². The molecule has 4 N–H and O–H groups in total. The molecule has 1 aromatic carbocycles. The average Bonchev–Trinajstić information content (AvgIpc) is 2.54. The Morgan fingerprint density at radius 1 is 1.30 bits per heavy atom. The van der Waals surface area contributed by atoms with Crippen molar-refractivity contribution < 1.29 is 36.6 Å². The number of halogens is 4. The number of nitrogens with two attached hydrogens (primary N) is 1. The Morgan fingerprint density at radius 2 is 1.96 bits per heavy atom. The van der Waals surface area contributed by atoms with Crippen LogP contribution in [0.1, 0.15) is 31.4 Å². The molecule has 0 aliphatic heterocycles. The van der Waals surface area contributed by atoms with Crippen LogP contribution in [0.5, 0.6) is 5.75 Å². The molecule has 0 aromatic heterocycles. The summed E-state index contributed by atoms with van der Waals surface area (Å²) in [5.74, 6) is -1.29. The van der Waals surface area contributed by atoms with E-state index in [9.17, 15) is 22.4 Å². The number of alkyl halides is 4. The van der Waals surface area contributed by atoms with Crippen molar-refractivity contribution in [3.8, 4) is 5.75 Å². The summed E-state index contributed by atoms with van der Waals surface area (Å²) in [5, 5.41) is 14.6. The van der Waals surface area contributed by atoms with Gasteiger partial charge in [0.1, 0.15) is 5.75 Å². The maximum atomic E-state index is 14.5. The molecule has 150 valence electrons. The number of nitrogens with one attached hydrogen (secondary N) is 2. The third-order valence-corrected chi connectivity index (χ3v) is 3.08. The number of carbonyl (C=O) groups excluding carboxylic acids is 1. The number of ether oxygens (including phenoxy) is 3. The first kappa shape index (κ1) is 22.2. The lowest BCUT2D eigenvalue weighted by Crippen LogP contribution is -2.31. The summed E-state index contributed by atoms with van der Waals surface area (Å²) in [5.41, 5.74) is 4.97. The summed E-state index contributed by atoms with van der Waals surface area (Å²) in [4.78, 5) is 11.1. The molecule has 7 nitrogen and oxygen atoms in total. The van der Waals surface area contributed by atoms with Gasteiger partial charge in [0, 0.05) is 13.3 Å². The van der Waals surface area contributed by atoms with Gasteiger partial charge in [-0.25, -0.2) is 9.18 Å². The van der Waals surface area contributed by atoms with Crippen LogP contribution < -0.4 is 10.5 Å². The summed E-state index contributed by atoms with van der Waals surface area (Å²) < 4.78 is 65.3. The molecule has 2 unspecified atom stereocenters. The van der Waals surface area contributed by atoms with Crippen molar-refractivity contribution in [3.63, 3.8) is 0 Å². The Hall–Kier alpha value is -2.85. The van der Waals surface area contributed by atoms with Gasteiger partial charge in [-0.2, -0.15) is 13.2 Å². The number of hydrogen-bond acceptors (Lipinski definition) is 6. The molecular formula is C16H19F4N3O4. The van der Waals surface area contributed by atoms with Gasteiger partial charge in [0.05, 0.1) is 6.61 Å². The van der Waals surface area contributed by atoms with Crippen molar-refractivity contribution in [1.82, 2.24) is 0 Å². The van der Waals surface area contributed by atoms with E-state index >= 15 is 0 Å². The quantitative estimate of drug-likeness (QED) is 0.269. The Bertz CT molecular complexity index is 682. The molecule has 0 radical (unpaired) electrons. The molecular weight excluding hydrogens is 374 g/mol. The van der Waals surface area contributed by atoms with Gasteiger partial charge in [-0.05, 0) is 24.1 Å². The minimum Gasteiger partial charge on any atom is -0.494 e. The highest BCUT2D eigenvalue weighted by molar-refractivity contribution is 5.90. The SMILES string of the molecule is CC(=N)OC(=N)C(F)C(OC(N)=O)c1cccc(OCCCC(F)(F)F)c1. The first-order chi connectivity index (χ1) is 12.5. The maximum Gasteiger partial charge on any atom is 0.405 e. The van der Waals surface area contributed by atoms with Crippen LogP contribution in [-0.4, -0.2) is 36.8 Å². The second-order valence-corrected chi connectivity index (χ2v) is 5.42. The Morgan fingerprint density at radius 3 is 2.52 bits per heavy atom. The van der Waals surface area contributed by atoms with Crippen molar-refractivity contribution in [2.75, 3.05) is 6.61 Å². The molecule has 0 spiro atoms. The van der Waals surface area contributed by atoms with E-state index in [-0.39, 0.29) is 24.3 Å². The van der Waals surface area contributed by atoms with Crippen molar-refractivity contribution in [3.05, 3.63) is 29.8 Å². The second-order valence-electron chi connectivity index (χ2n) is 5.42. The highest BCUT2D eigenvalue weighted by Crippen LogP contribution is 2.28. The number of hydrogen-bond donors (Lipinski definition) is 3. The summed E-state index contributed by atoms with van der Waals surface area (Å²) in [6.07, 6.45) is -10.8. The van der Waals surface area contributed by atoms with Crippen molar-refractivity contribution in [1.29, 1.82) is 10.8 Å². The Balaban J connectivity index is 2.88. The summed E-state index contributed by atoms with van der Waals surface area (Å²) in [7, 11) is 0. The van der Waals surface area contributed by atoms with E-state index in [1.54, 1.807) is 0 Å². The lowest BCUT2D eigenvalue weighted by Gasteiger charge is -2.21. The van der Waals surface area contributed by atoms with E-state index < -0.39 is 42.8 Å². The zero-order chi connectivity index (χ0) is 20.6. The van der Waals surface area contributed by atoms with E-state index in [4.69, 9.17) is 26.0 Å². The molecule has 0 bridgehead atoms. The van der Waals surface area contributed by atoms with Crippen LogP contribution in [0.3, 0.4) is 0 Å². The number of primary amides is 1. The molecule has 2 atom stereocenters. The minimum absolute atomic E-state index is 0.0469. The monoisotopic (exact) mass is 393 g/mol. The largest absolute Gasteiger partial charge is 0.494 e. The fraction of sp³-hybridized carbons (Fsp3) is 0.438. The highest BCUT2D eigenvalue weighted by atomic mass is 19.4. The van der Waals surface area contributed by atoms with Crippen LogP contribution >= 0.6 is 0 Å². The smallest absolute Gasteiger partial charge is 0.405 e. The molecule has 0 fully saturated rings. The number of carbonyl (C=O) groups is 1. The number of amides is 1. The molecule has 0 aliphatic carbocycles. The van der Waals surface area contributed by atoms with Gasteiger partial charge in [-0.3, -0.25) is 10.8 Å². The zero-order valence-electron chi connectivity index (χ0n) is 14.3. The summed E-state index contributed by atoms with van der Waals surface area (Å²) in [6, 6.07) is 5.44. The Kier molecular flexibility index (Phi) is 8.00. The normalized spacial score (nSPS) is 13.4. The van der Waals surface area contributed by atoms with Gasteiger partial charge in [0.2, 0.25) is 12.1 Å². The van der Waals surface area contributed by atoms with Crippen molar-refractivity contribution >= 4 is 17.9 Å². The molecule has 0 aliphatic rings. The van der Waals surface area contributed by atoms with Gasteiger partial charge < -0.3 is 19.9 Å². The number of benzene rings is 1. The number of rotatable bonds is 8. The predicted octanol–water partition coefficient (Wildman–Crippen LogP) is 3.87. The topological polar surface area (TPSA) is 118 Å². The van der Waals surface area contributed by atoms with Gasteiger partial charge in [0.15, 0.2) is 12.0 Å². The molecule has 1 rings (SSSR count). The summed E-state index contributed by atoms with van der Waals surface area (Å²) in [6.45, 7) is 0.954. The van der Waals surface area contributed by atoms with Crippen LogP contribution in [0.2, 0.25) is 0 Å². The predicted molar refractivity (Wildman–Crippen MR) is 87.7 cm³/mol. The van der Waals surface area contributed by atoms with Gasteiger partial charge in [0.25, 0.3) is 0 Å². The Labute approximate surface area is 152 Å². The van der Waals surface area contributed by atoms with Crippen LogP contribution in [0.4, 0.5) is 22.4 Å². The molecule has 0 saturated heterocycles. The van der Waals surface area contributed by atoms with E-state index in [0.717, 1.165) is 0 Å². The van der Waals surface area contributed by atoms with E-state index in [1.165, 1.54) is 31.2 Å².